The monoisotopic (exact) mass is 210 g/mol. The number of unbranched alkanes of at least 4 members (excludes halogenated alkanes) is 2. The number of hydrogen-bond acceptors (Lipinski definition) is 3. The molecule has 3 nitrogen and oxygen atoms in total. The number of carbonyl (C=O) groups excluding carboxylic acids is 1. The van der Waals surface area contributed by atoms with Gasteiger partial charge in [0.1, 0.15) is 0 Å². The first-order valence-electron chi connectivity index (χ1n) is 5.42. The van der Waals surface area contributed by atoms with Gasteiger partial charge in [-0.05, 0) is 18.6 Å². The fourth-order valence-electron chi connectivity index (χ4n) is 1.64. The fourth-order valence-corrected chi connectivity index (χ4v) is 1.64. The van der Waals surface area contributed by atoms with Crippen LogP contribution < -0.4 is 0 Å². The first-order valence-corrected chi connectivity index (χ1v) is 5.42. The minimum absolute atomic E-state index is 0.436. The summed E-state index contributed by atoms with van der Waals surface area (Å²) in [4.78, 5) is 11.4. The molecule has 1 rings (SSSR count). The van der Waals surface area contributed by atoms with E-state index in [0.717, 1.165) is 19.3 Å². The Morgan fingerprint density at radius 2 is 2.13 bits per heavy atom. The molecule has 0 fully saturated rings. The molecule has 2 N–H and O–H groups in total. The molecular formula is C12H18O3. The summed E-state index contributed by atoms with van der Waals surface area (Å²) in [6, 6.07) is 0. The number of carbonyl (C=O) groups is 1. The normalized spacial score (nSPS) is 27.0. The van der Waals surface area contributed by atoms with Gasteiger partial charge < -0.3 is 10.2 Å². The van der Waals surface area contributed by atoms with Crippen molar-refractivity contribution in [2.24, 2.45) is 0 Å². The Hall–Kier alpha value is -0.930. The Bertz CT molecular complexity index is 281. The molecule has 0 saturated carbocycles. The van der Waals surface area contributed by atoms with Gasteiger partial charge in [-0.25, -0.2) is 0 Å². The topological polar surface area (TPSA) is 57.5 Å². The van der Waals surface area contributed by atoms with Crippen LogP contribution in [0, 0.1) is 0 Å². The van der Waals surface area contributed by atoms with Gasteiger partial charge >= 0.3 is 0 Å². The standard InChI is InChI=1S/C12H18O3/c1-2-3-4-7-10(13)12(15)9-6-5-8-11(12)14/h5-6,8-10,13,15H,2-4,7H2,1H3. The van der Waals surface area contributed by atoms with Crippen molar-refractivity contribution in [3.63, 3.8) is 0 Å². The highest BCUT2D eigenvalue weighted by Crippen LogP contribution is 2.22. The van der Waals surface area contributed by atoms with Gasteiger partial charge in [-0.15, -0.1) is 0 Å². The number of aliphatic hydroxyl groups is 2. The van der Waals surface area contributed by atoms with Crippen molar-refractivity contribution in [3.05, 3.63) is 24.3 Å². The first kappa shape index (κ1) is 12.1. The Morgan fingerprint density at radius 1 is 1.40 bits per heavy atom. The maximum Gasteiger partial charge on any atom is 0.193 e. The van der Waals surface area contributed by atoms with E-state index in [0.29, 0.717) is 6.42 Å². The molecule has 2 atom stereocenters. The van der Waals surface area contributed by atoms with Crippen LogP contribution in [0.25, 0.3) is 0 Å². The molecule has 1 aliphatic carbocycles. The van der Waals surface area contributed by atoms with Crippen LogP contribution in [0.2, 0.25) is 0 Å². The Labute approximate surface area is 90.1 Å². The maximum atomic E-state index is 11.4. The average molecular weight is 210 g/mol. The van der Waals surface area contributed by atoms with E-state index < -0.39 is 17.5 Å². The van der Waals surface area contributed by atoms with E-state index in [4.69, 9.17) is 0 Å². The zero-order valence-corrected chi connectivity index (χ0v) is 9.02. The van der Waals surface area contributed by atoms with Crippen molar-refractivity contribution in [2.45, 2.75) is 44.3 Å². The molecular weight excluding hydrogens is 192 g/mol. The molecule has 1 aliphatic rings. The van der Waals surface area contributed by atoms with Crippen molar-refractivity contribution < 1.29 is 15.0 Å². The number of ketones is 1. The lowest BCUT2D eigenvalue weighted by atomic mass is 9.85. The van der Waals surface area contributed by atoms with Gasteiger partial charge in [0.2, 0.25) is 0 Å². The third kappa shape index (κ3) is 2.76. The van der Waals surface area contributed by atoms with Gasteiger partial charge in [0.15, 0.2) is 11.4 Å². The van der Waals surface area contributed by atoms with Gasteiger partial charge in [0.05, 0.1) is 6.10 Å². The Balaban J connectivity index is 2.57. The molecule has 3 heteroatoms. The van der Waals surface area contributed by atoms with Gasteiger partial charge in [0.25, 0.3) is 0 Å². The number of allylic oxidation sites excluding steroid dienone is 2. The van der Waals surface area contributed by atoms with Gasteiger partial charge in [-0.2, -0.15) is 0 Å². The molecule has 0 aliphatic heterocycles. The van der Waals surface area contributed by atoms with E-state index in [2.05, 4.69) is 6.92 Å². The highest BCUT2D eigenvalue weighted by Gasteiger charge is 2.39. The minimum atomic E-state index is -1.71. The highest BCUT2D eigenvalue weighted by molar-refractivity contribution is 6.00. The van der Waals surface area contributed by atoms with Gasteiger partial charge in [-0.3, -0.25) is 4.79 Å². The Kier molecular flexibility index (Phi) is 4.24. The molecule has 0 aromatic carbocycles. The molecule has 2 unspecified atom stereocenters. The zero-order valence-electron chi connectivity index (χ0n) is 9.02. The van der Waals surface area contributed by atoms with Crippen molar-refractivity contribution >= 4 is 5.78 Å². The van der Waals surface area contributed by atoms with Crippen molar-refractivity contribution in [1.29, 1.82) is 0 Å². The summed E-state index contributed by atoms with van der Waals surface area (Å²) < 4.78 is 0. The summed E-state index contributed by atoms with van der Waals surface area (Å²) in [5.41, 5.74) is -1.71. The predicted molar refractivity (Wildman–Crippen MR) is 58.4 cm³/mol. The quantitative estimate of drug-likeness (QED) is 0.673. The van der Waals surface area contributed by atoms with Crippen molar-refractivity contribution in [2.75, 3.05) is 0 Å². The van der Waals surface area contributed by atoms with E-state index >= 15 is 0 Å². The summed E-state index contributed by atoms with van der Waals surface area (Å²) in [6.45, 7) is 2.06. The third-order valence-corrected chi connectivity index (χ3v) is 2.69. The van der Waals surface area contributed by atoms with E-state index in [9.17, 15) is 15.0 Å². The first-order chi connectivity index (χ1) is 7.11. The lowest BCUT2D eigenvalue weighted by Crippen LogP contribution is -2.47. The summed E-state index contributed by atoms with van der Waals surface area (Å²) in [6.07, 6.45) is 8.14. The van der Waals surface area contributed by atoms with E-state index in [1.54, 1.807) is 12.2 Å². The lowest BCUT2D eigenvalue weighted by Gasteiger charge is -2.28. The summed E-state index contributed by atoms with van der Waals surface area (Å²) in [5, 5.41) is 19.7. The van der Waals surface area contributed by atoms with Crippen LogP contribution in [-0.4, -0.2) is 27.7 Å². The smallest absolute Gasteiger partial charge is 0.193 e. The molecule has 0 radical (unpaired) electrons. The molecule has 0 spiro atoms. The van der Waals surface area contributed by atoms with Gasteiger partial charge in [-0.1, -0.05) is 38.3 Å². The van der Waals surface area contributed by atoms with E-state index in [1.807, 2.05) is 0 Å². The summed E-state index contributed by atoms with van der Waals surface area (Å²) in [7, 11) is 0. The van der Waals surface area contributed by atoms with Crippen LogP contribution in [0.1, 0.15) is 32.6 Å². The van der Waals surface area contributed by atoms with Crippen LogP contribution >= 0.6 is 0 Å². The molecule has 0 aromatic rings. The number of aliphatic hydroxyl groups excluding tert-OH is 1. The minimum Gasteiger partial charge on any atom is -0.389 e. The average Bonchev–Trinajstić information content (AvgIpc) is 2.23. The van der Waals surface area contributed by atoms with Crippen LogP contribution in [0.3, 0.4) is 0 Å². The molecule has 0 heterocycles. The molecule has 0 bridgehead atoms. The fraction of sp³-hybridized carbons (Fsp3) is 0.583. The molecule has 0 amide bonds. The third-order valence-electron chi connectivity index (χ3n) is 2.69. The van der Waals surface area contributed by atoms with Crippen molar-refractivity contribution in [1.82, 2.24) is 0 Å². The largest absolute Gasteiger partial charge is 0.389 e. The predicted octanol–water partition coefficient (Wildman–Crippen LogP) is 1.35. The molecule has 0 saturated heterocycles. The molecule has 84 valence electrons. The second-order valence-corrected chi connectivity index (χ2v) is 3.92. The van der Waals surface area contributed by atoms with E-state index in [1.165, 1.54) is 12.2 Å². The number of rotatable bonds is 5. The second-order valence-electron chi connectivity index (χ2n) is 3.92. The second kappa shape index (κ2) is 5.24. The molecule has 0 aromatic heterocycles. The Morgan fingerprint density at radius 3 is 2.73 bits per heavy atom. The van der Waals surface area contributed by atoms with Crippen molar-refractivity contribution in [3.8, 4) is 0 Å². The van der Waals surface area contributed by atoms with Crippen LogP contribution in [-0.2, 0) is 4.79 Å². The summed E-state index contributed by atoms with van der Waals surface area (Å²) >= 11 is 0. The van der Waals surface area contributed by atoms with Crippen LogP contribution in [0.4, 0.5) is 0 Å². The van der Waals surface area contributed by atoms with Crippen LogP contribution in [0.15, 0.2) is 24.3 Å². The molecule has 15 heavy (non-hydrogen) atoms. The highest BCUT2D eigenvalue weighted by atomic mass is 16.3. The maximum absolute atomic E-state index is 11.4. The summed E-state index contributed by atoms with van der Waals surface area (Å²) in [5.74, 6) is -0.436. The SMILES string of the molecule is CCCCCC(O)C1(O)C=CC=CC1=O. The van der Waals surface area contributed by atoms with Crippen LogP contribution in [0.5, 0.6) is 0 Å². The number of hydrogen-bond donors (Lipinski definition) is 2. The zero-order chi connectivity index (χ0) is 11.3. The van der Waals surface area contributed by atoms with Gasteiger partial charge in [0, 0.05) is 0 Å². The lowest BCUT2D eigenvalue weighted by molar-refractivity contribution is -0.138. The van der Waals surface area contributed by atoms with E-state index in [-0.39, 0.29) is 0 Å².